The van der Waals surface area contributed by atoms with Crippen LogP contribution in [0.15, 0.2) is 30.3 Å². The van der Waals surface area contributed by atoms with Crippen molar-refractivity contribution in [3.8, 4) is 0 Å². The van der Waals surface area contributed by atoms with Crippen LogP contribution in [0.5, 0.6) is 0 Å². The number of benzene rings is 1. The third-order valence-corrected chi connectivity index (χ3v) is 2.81. The number of para-hydroxylation sites is 1. The number of nitrogens with zero attached hydrogens (tertiary/aromatic N) is 1. The second-order valence-corrected chi connectivity index (χ2v) is 4.24. The molecule has 1 rings (SSSR count). The highest BCUT2D eigenvalue weighted by molar-refractivity contribution is 5.69. The van der Waals surface area contributed by atoms with Gasteiger partial charge in [0, 0.05) is 25.1 Å². The number of anilines is 1. The lowest BCUT2D eigenvalue weighted by Crippen LogP contribution is -2.39. The van der Waals surface area contributed by atoms with E-state index in [1.165, 1.54) is 0 Å². The number of carbonyl (C=O) groups excluding carboxylic acids is 1. The van der Waals surface area contributed by atoms with E-state index >= 15 is 0 Å². The highest BCUT2D eigenvalue weighted by atomic mass is 16.6. The van der Waals surface area contributed by atoms with Gasteiger partial charge in [-0.2, -0.15) is 0 Å². The van der Waals surface area contributed by atoms with E-state index in [1.54, 1.807) is 0 Å². The number of rotatable bonds is 7. The highest BCUT2D eigenvalue weighted by Gasteiger charge is 2.19. The normalized spacial score (nSPS) is 11.9. The van der Waals surface area contributed by atoms with Gasteiger partial charge in [0.2, 0.25) is 0 Å². The van der Waals surface area contributed by atoms with E-state index in [-0.39, 0.29) is 12.2 Å². The quantitative estimate of drug-likeness (QED) is 0.546. The molecule has 0 aliphatic rings. The van der Waals surface area contributed by atoms with Gasteiger partial charge in [0.05, 0.1) is 0 Å². The lowest BCUT2D eigenvalue weighted by molar-refractivity contribution is -0.148. The van der Waals surface area contributed by atoms with Crippen LogP contribution in [-0.4, -0.2) is 18.7 Å². The Morgan fingerprint density at radius 2 is 1.89 bits per heavy atom. The summed E-state index contributed by atoms with van der Waals surface area (Å²) in [5.74, 6) is -0.140. The summed E-state index contributed by atoms with van der Waals surface area (Å²) in [6.45, 7) is 6.88. The lowest BCUT2D eigenvalue weighted by Gasteiger charge is -2.32. The molecule has 0 heterocycles. The van der Waals surface area contributed by atoms with E-state index in [2.05, 4.69) is 24.0 Å². The van der Waals surface area contributed by atoms with Crippen LogP contribution in [-0.2, 0) is 9.53 Å². The predicted octanol–water partition coefficient (Wildman–Crippen LogP) is 3.59. The molecular formula is C15H23NO2. The summed E-state index contributed by atoms with van der Waals surface area (Å²) in [6, 6.07) is 10.1. The van der Waals surface area contributed by atoms with Crippen LogP contribution in [0.2, 0.25) is 0 Å². The van der Waals surface area contributed by atoms with E-state index in [0.29, 0.717) is 6.42 Å². The zero-order valence-electron chi connectivity index (χ0n) is 11.6. The average molecular weight is 249 g/mol. The SMILES string of the molecule is CCCN(c1ccccc1)C(CC)OC(=O)CC. The maximum absolute atomic E-state index is 11.5. The first-order chi connectivity index (χ1) is 8.72. The summed E-state index contributed by atoms with van der Waals surface area (Å²) in [5, 5.41) is 0. The van der Waals surface area contributed by atoms with Crippen molar-refractivity contribution in [2.24, 2.45) is 0 Å². The molecular weight excluding hydrogens is 226 g/mol. The van der Waals surface area contributed by atoms with Crippen LogP contribution in [0.25, 0.3) is 0 Å². The first kappa shape index (κ1) is 14.6. The summed E-state index contributed by atoms with van der Waals surface area (Å²) in [7, 11) is 0. The first-order valence-electron chi connectivity index (χ1n) is 6.74. The summed E-state index contributed by atoms with van der Waals surface area (Å²) in [6.07, 6.45) is 2.07. The molecule has 18 heavy (non-hydrogen) atoms. The fourth-order valence-electron chi connectivity index (χ4n) is 1.90. The Balaban J connectivity index is 2.84. The molecule has 0 spiro atoms. The van der Waals surface area contributed by atoms with Crippen LogP contribution in [0, 0.1) is 0 Å². The molecule has 0 saturated carbocycles. The van der Waals surface area contributed by atoms with E-state index in [4.69, 9.17) is 4.74 Å². The third-order valence-electron chi connectivity index (χ3n) is 2.81. The minimum Gasteiger partial charge on any atom is -0.442 e. The Bertz CT molecular complexity index is 351. The fraction of sp³-hybridized carbons (Fsp3) is 0.533. The smallest absolute Gasteiger partial charge is 0.307 e. The molecule has 1 aromatic carbocycles. The predicted molar refractivity (Wildman–Crippen MR) is 74.5 cm³/mol. The van der Waals surface area contributed by atoms with Gasteiger partial charge in [-0.25, -0.2) is 0 Å². The number of carbonyl (C=O) groups is 1. The van der Waals surface area contributed by atoms with Crippen molar-refractivity contribution in [2.75, 3.05) is 11.4 Å². The molecule has 0 fully saturated rings. The number of hydrogen-bond donors (Lipinski definition) is 0. The summed E-state index contributed by atoms with van der Waals surface area (Å²) < 4.78 is 5.50. The van der Waals surface area contributed by atoms with Crippen molar-refractivity contribution in [3.05, 3.63) is 30.3 Å². The minimum atomic E-state index is -0.167. The molecule has 0 aromatic heterocycles. The zero-order valence-corrected chi connectivity index (χ0v) is 11.6. The molecule has 0 bridgehead atoms. The topological polar surface area (TPSA) is 29.5 Å². The molecule has 0 saturated heterocycles. The van der Waals surface area contributed by atoms with Gasteiger partial charge in [-0.15, -0.1) is 0 Å². The third kappa shape index (κ3) is 4.06. The Kier molecular flexibility index (Phi) is 6.26. The maximum atomic E-state index is 11.5. The van der Waals surface area contributed by atoms with Gasteiger partial charge in [-0.1, -0.05) is 39.0 Å². The van der Waals surface area contributed by atoms with Crippen LogP contribution in [0.3, 0.4) is 0 Å². The van der Waals surface area contributed by atoms with Gasteiger partial charge in [-0.3, -0.25) is 4.79 Å². The highest BCUT2D eigenvalue weighted by Crippen LogP contribution is 2.19. The Labute approximate surface area is 110 Å². The van der Waals surface area contributed by atoms with Gasteiger partial charge < -0.3 is 9.64 Å². The Morgan fingerprint density at radius 1 is 1.22 bits per heavy atom. The molecule has 0 N–H and O–H groups in total. The minimum absolute atomic E-state index is 0.140. The van der Waals surface area contributed by atoms with Crippen LogP contribution < -0.4 is 4.90 Å². The number of esters is 1. The Morgan fingerprint density at radius 3 is 2.39 bits per heavy atom. The van der Waals surface area contributed by atoms with Crippen molar-refractivity contribution in [1.29, 1.82) is 0 Å². The molecule has 3 heteroatoms. The Hall–Kier alpha value is -1.51. The van der Waals surface area contributed by atoms with Crippen molar-refractivity contribution in [1.82, 2.24) is 0 Å². The van der Waals surface area contributed by atoms with E-state index in [0.717, 1.165) is 25.1 Å². The number of ether oxygens (including phenoxy) is 1. The summed E-state index contributed by atoms with van der Waals surface area (Å²) >= 11 is 0. The molecule has 0 radical (unpaired) electrons. The van der Waals surface area contributed by atoms with Crippen LogP contribution in [0.4, 0.5) is 5.69 Å². The molecule has 1 aromatic rings. The zero-order chi connectivity index (χ0) is 13.4. The first-order valence-corrected chi connectivity index (χ1v) is 6.74. The number of hydrogen-bond acceptors (Lipinski definition) is 3. The van der Waals surface area contributed by atoms with Gasteiger partial charge in [-0.05, 0) is 18.6 Å². The average Bonchev–Trinajstić information content (AvgIpc) is 2.43. The van der Waals surface area contributed by atoms with Gasteiger partial charge in [0.15, 0.2) is 6.23 Å². The molecule has 0 amide bonds. The lowest BCUT2D eigenvalue weighted by atomic mass is 10.2. The van der Waals surface area contributed by atoms with Crippen molar-refractivity contribution >= 4 is 11.7 Å². The molecule has 3 nitrogen and oxygen atoms in total. The van der Waals surface area contributed by atoms with Crippen LogP contribution >= 0.6 is 0 Å². The van der Waals surface area contributed by atoms with Crippen molar-refractivity contribution in [2.45, 2.75) is 46.3 Å². The second-order valence-electron chi connectivity index (χ2n) is 4.24. The van der Waals surface area contributed by atoms with Gasteiger partial charge >= 0.3 is 5.97 Å². The molecule has 1 atom stereocenters. The maximum Gasteiger partial charge on any atom is 0.307 e. The van der Waals surface area contributed by atoms with E-state index in [9.17, 15) is 4.79 Å². The van der Waals surface area contributed by atoms with Gasteiger partial charge in [0.25, 0.3) is 0 Å². The summed E-state index contributed by atoms with van der Waals surface area (Å²) in [4.78, 5) is 13.6. The van der Waals surface area contributed by atoms with E-state index < -0.39 is 0 Å². The molecule has 0 aliphatic carbocycles. The molecule has 0 aliphatic heterocycles. The molecule has 100 valence electrons. The second kappa shape index (κ2) is 7.75. The largest absolute Gasteiger partial charge is 0.442 e. The van der Waals surface area contributed by atoms with Crippen molar-refractivity contribution < 1.29 is 9.53 Å². The van der Waals surface area contributed by atoms with Gasteiger partial charge in [0.1, 0.15) is 0 Å². The summed E-state index contributed by atoms with van der Waals surface area (Å²) in [5.41, 5.74) is 1.11. The van der Waals surface area contributed by atoms with E-state index in [1.807, 2.05) is 32.0 Å². The fourth-order valence-corrected chi connectivity index (χ4v) is 1.90. The molecule has 1 unspecified atom stereocenters. The standard InChI is InChI=1S/C15H23NO2/c1-4-12-16(13-10-8-7-9-11-13)14(5-2)18-15(17)6-3/h7-11,14H,4-6,12H2,1-3H3. The van der Waals surface area contributed by atoms with Crippen LogP contribution in [0.1, 0.15) is 40.0 Å². The van der Waals surface area contributed by atoms with Crippen molar-refractivity contribution in [3.63, 3.8) is 0 Å². The monoisotopic (exact) mass is 249 g/mol.